The van der Waals surface area contributed by atoms with Crippen molar-refractivity contribution in [2.75, 3.05) is 13.7 Å². The Hall–Kier alpha value is -1.66. The molecule has 0 aliphatic rings. The number of ether oxygens (including phenoxy) is 1. The number of rotatable bonds is 6. The Labute approximate surface area is 116 Å². The predicted molar refractivity (Wildman–Crippen MR) is 74.3 cm³/mol. The van der Waals surface area contributed by atoms with Gasteiger partial charge in [-0.05, 0) is 24.4 Å². The Morgan fingerprint density at radius 2 is 2.42 bits per heavy atom. The van der Waals surface area contributed by atoms with E-state index in [1.807, 2.05) is 24.4 Å². The van der Waals surface area contributed by atoms with Crippen LogP contribution in [0.2, 0.25) is 0 Å². The minimum Gasteiger partial charge on any atom is -0.374 e. The zero-order chi connectivity index (χ0) is 13.7. The van der Waals surface area contributed by atoms with Gasteiger partial charge in [0.05, 0.1) is 0 Å². The molecule has 0 saturated heterocycles. The van der Waals surface area contributed by atoms with Crippen molar-refractivity contribution in [3.63, 3.8) is 0 Å². The lowest BCUT2D eigenvalue weighted by Crippen LogP contribution is -2.30. The molecule has 1 N–H and O–H groups in total. The third-order valence-corrected chi connectivity index (χ3v) is 3.81. The number of hydrogen-bond donors (Lipinski definition) is 1. The molecule has 102 valence electrons. The number of amides is 1. The topological polar surface area (TPSA) is 56.2 Å². The molecule has 2 rings (SSSR count). The standard InChI is InChI=1S/C13H17N3O2S/c1-3-16-10(6-7-15-16)13(17)14-9-11(18-2)12-5-4-8-19-12/h4-8,11H,3,9H2,1-2H3,(H,14,17). The first-order valence-corrected chi connectivity index (χ1v) is 7.00. The monoisotopic (exact) mass is 279 g/mol. The van der Waals surface area contributed by atoms with Gasteiger partial charge in [-0.25, -0.2) is 0 Å². The molecule has 0 aliphatic heterocycles. The first-order chi connectivity index (χ1) is 9.26. The SMILES string of the molecule is CCn1nccc1C(=O)NCC(OC)c1cccs1. The highest BCUT2D eigenvalue weighted by atomic mass is 32.1. The summed E-state index contributed by atoms with van der Waals surface area (Å²) in [7, 11) is 1.65. The number of carbonyl (C=O) groups is 1. The fourth-order valence-electron chi connectivity index (χ4n) is 1.83. The average molecular weight is 279 g/mol. The van der Waals surface area contributed by atoms with Gasteiger partial charge in [-0.15, -0.1) is 11.3 Å². The lowest BCUT2D eigenvalue weighted by atomic mass is 10.3. The predicted octanol–water partition coefficient (Wildman–Crippen LogP) is 2.08. The molecular formula is C13H17N3O2S. The van der Waals surface area contributed by atoms with Crippen LogP contribution in [0.3, 0.4) is 0 Å². The van der Waals surface area contributed by atoms with E-state index in [2.05, 4.69) is 10.4 Å². The second-order valence-corrected chi connectivity index (χ2v) is 4.96. The van der Waals surface area contributed by atoms with Crippen LogP contribution in [0.5, 0.6) is 0 Å². The molecule has 2 heterocycles. The van der Waals surface area contributed by atoms with Gasteiger partial charge in [0.25, 0.3) is 5.91 Å². The summed E-state index contributed by atoms with van der Waals surface area (Å²) in [5.74, 6) is -0.127. The first-order valence-electron chi connectivity index (χ1n) is 6.12. The molecule has 0 bridgehead atoms. The van der Waals surface area contributed by atoms with Gasteiger partial charge in [-0.3, -0.25) is 9.48 Å². The number of methoxy groups -OCH3 is 1. The molecule has 1 amide bonds. The Balaban J connectivity index is 1.96. The molecule has 0 saturated carbocycles. The van der Waals surface area contributed by atoms with Crippen molar-refractivity contribution >= 4 is 17.2 Å². The van der Waals surface area contributed by atoms with Crippen LogP contribution < -0.4 is 5.32 Å². The second-order valence-electron chi connectivity index (χ2n) is 3.98. The van der Waals surface area contributed by atoms with Gasteiger partial charge in [-0.2, -0.15) is 5.10 Å². The van der Waals surface area contributed by atoms with E-state index in [0.717, 1.165) is 4.88 Å². The number of nitrogens with one attached hydrogen (secondary N) is 1. The molecule has 1 unspecified atom stereocenters. The second kappa shape index (κ2) is 6.49. The molecule has 1 atom stereocenters. The van der Waals surface area contributed by atoms with Crippen molar-refractivity contribution in [1.29, 1.82) is 0 Å². The number of hydrogen-bond acceptors (Lipinski definition) is 4. The molecule has 0 spiro atoms. The zero-order valence-corrected chi connectivity index (χ0v) is 11.8. The van der Waals surface area contributed by atoms with Gasteiger partial charge >= 0.3 is 0 Å². The van der Waals surface area contributed by atoms with E-state index in [1.54, 1.807) is 35.4 Å². The summed E-state index contributed by atoms with van der Waals surface area (Å²) in [6, 6.07) is 5.69. The number of thiophene rings is 1. The Kier molecular flexibility index (Phi) is 4.70. The summed E-state index contributed by atoms with van der Waals surface area (Å²) in [6.45, 7) is 3.08. The molecule has 19 heavy (non-hydrogen) atoms. The van der Waals surface area contributed by atoms with Crippen LogP contribution >= 0.6 is 11.3 Å². The zero-order valence-electron chi connectivity index (χ0n) is 11.0. The molecule has 5 nitrogen and oxygen atoms in total. The maximum absolute atomic E-state index is 12.1. The van der Waals surface area contributed by atoms with Crippen LogP contribution in [-0.2, 0) is 11.3 Å². The van der Waals surface area contributed by atoms with Crippen molar-refractivity contribution in [3.05, 3.63) is 40.3 Å². The number of aromatic nitrogens is 2. The van der Waals surface area contributed by atoms with Gasteiger partial charge < -0.3 is 10.1 Å². The minimum atomic E-state index is -0.127. The van der Waals surface area contributed by atoms with Crippen LogP contribution in [0.25, 0.3) is 0 Å². The normalized spacial score (nSPS) is 12.3. The van der Waals surface area contributed by atoms with E-state index in [1.165, 1.54) is 0 Å². The van der Waals surface area contributed by atoms with E-state index >= 15 is 0 Å². The van der Waals surface area contributed by atoms with Crippen LogP contribution in [-0.4, -0.2) is 29.3 Å². The van der Waals surface area contributed by atoms with Crippen LogP contribution in [0.1, 0.15) is 28.4 Å². The van der Waals surface area contributed by atoms with Gasteiger partial charge in [0.15, 0.2) is 0 Å². The molecule has 0 fully saturated rings. The summed E-state index contributed by atoms with van der Waals surface area (Å²) in [5.41, 5.74) is 0.573. The number of aryl methyl sites for hydroxylation is 1. The molecule has 0 aromatic carbocycles. The van der Waals surface area contributed by atoms with Crippen molar-refractivity contribution < 1.29 is 9.53 Å². The van der Waals surface area contributed by atoms with Crippen molar-refractivity contribution in [2.45, 2.75) is 19.6 Å². The van der Waals surface area contributed by atoms with Crippen LogP contribution in [0, 0.1) is 0 Å². The molecule has 0 radical (unpaired) electrons. The maximum Gasteiger partial charge on any atom is 0.269 e. The highest BCUT2D eigenvalue weighted by Gasteiger charge is 2.15. The average Bonchev–Trinajstić information content (AvgIpc) is 3.10. The van der Waals surface area contributed by atoms with Gasteiger partial charge in [0.1, 0.15) is 11.8 Å². The fourth-order valence-corrected chi connectivity index (χ4v) is 2.63. The fraction of sp³-hybridized carbons (Fsp3) is 0.385. The highest BCUT2D eigenvalue weighted by molar-refractivity contribution is 7.10. The Bertz CT molecular complexity index is 522. The summed E-state index contributed by atoms with van der Waals surface area (Å²) < 4.78 is 7.06. The molecule has 2 aromatic rings. The van der Waals surface area contributed by atoms with Crippen LogP contribution in [0.15, 0.2) is 29.8 Å². The maximum atomic E-state index is 12.1. The molecule has 6 heteroatoms. The summed E-state index contributed by atoms with van der Waals surface area (Å²) in [6.07, 6.45) is 1.52. The van der Waals surface area contributed by atoms with E-state index in [-0.39, 0.29) is 12.0 Å². The van der Waals surface area contributed by atoms with E-state index < -0.39 is 0 Å². The lowest BCUT2D eigenvalue weighted by Gasteiger charge is -2.14. The lowest BCUT2D eigenvalue weighted by molar-refractivity contribution is 0.0829. The van der Waals surface area contributed by atoms with E-state index in [0.29, 0.717) is 18.8 Å². The molecular weight excluding hydrogens is 262 g/mol. The Morgan fingerprint density at radius 3 is 3.05 bits per heavy atom. The van der Waals surface area contributed by atoms with Crippen molar-refractivity contribution in [2.24, 2.45) is 0 Å². The summed E-state index contributed by atoms with van der Waals surface area (Å²) >= 11 is 1.62. The largest absolute Gasteiger partial charge is 0.374 e. The van der Waals surface area contributed by atoms with Crippen molar-refractivity contribution in [1.82, 2.24) is 15.1 Å². The summed E-state index contributed by atoms with van der Waals surface area (Å²) in [4.78, 5) is 13.2. The van der Waals surface area contributed by atoms with Crippen LogP contribution in [0.4, 0.5) is 0 Å². The van der Waals surface area contributed by atoms with E-state index in [4.69, 9.17) is 4.74 Å². The van der Waals surface area contributed by atoms with E-state index in [9.17, 15) is 4.79 Å². The number of nitrogens with zero attached hydrogens (tertiary/aromatic N) is 2. The first kappa shape index (κ1) is 13.8. The molecule has 0 aliphatic carbocycles. The molecule has 2 aromatic heterocycles. The third-order valence-electron chi connectivity index (χ3n) is 2.84. The quantitative estimate of drug-likeness (QED) is 0.881. The van der Waals surface area contributed by atoms with Gasteiger partial charge in [0.2, 0.25) is 0 Å². The highest BCUT2D eigenvalue weighted by Crippen LogP contribution is 2.21. The third kappa shape index (κ3) is 3.21. The summed E-state index contributed by atoms with van der Waals surface area (Å²) in [5, 5.41) is 8.96. The van der Waals surface area contributed by atoms with Crippen molar-refractivity contribution in [3.8, 4) is 0 Å². The Morgan fingerprint density at radius 1 is 1.58 bits per heavy atom. The van der Waals surface area contributed by atoms with Gasteiger partial charge in [-0.1, -0.05) is 6.07 Å². The smallest absolute Gasteiger partial charge is 0.269 e. The number of carbonyl (C=O) groups excluding carboxylic acids is 1. The van der Waals surface area contributed by atoms with Gasteiger partial charge in [0, 0.05) is 31.3 Å². The minimum absolute atomic E-state index is 0.109.